The van der Waals surface area contributed by atoms with Crippen LogP contribution in [0.4, 0.5) is 10.1 Å². The van der Waals surface area contributed by atoms with E-state index in [1.165, 1.54) is 38.9 Å². The molecule has 4 aliphatic rings. The third-order valence-corrected chi connectivity index (χ3v) is 6.46. The highest BCUT2D eigenvalue weighted by Crippen LogP contribution is 2.45. The average molecular weight is 346 g/mol. The Balaban J connectivity index is 1.37. The highest BCUT2D eigenvalue weighted by atomic mass is 19.1. The summed E-state index contributed by atoms with van der Waals surface area (Å²) in [4.78, 5) is 17.2. The minimum atomic E-state index is -0.340. The maximum absolute atomic E-state index is 13.6. The van der Waals surface area contributed by atoms with Crippen LogP contribution in [-0.2, 0) is 4.79 Å². The van der Waals surface area contributed by atoms with Crippen LogP contribution in [0, 0.1) is 23.6 Å². The van der Waals surface area contributed by atoms with Gasteiger partial charge >= 0.3 is 0 Å². The largest absolute Gasteiger partial charge is 0.494 e. The SMILES string of the molecule is COc1cc(N2CCN(C(=O)C3CC4CCC3CC4)CC2)ccc1F. The van der Waals surface area contributed by atoms with Gasteiger partial charge in [-0.2, -0.15) is 0 Å². The van der Waals surface area contributed by atoms with Crippen LogP contribution in [-0.4, -0.2) is 44.1 Å². The van der Waals surface area contributed by atoms with Crippen molar-refractivity contribution in [3.8, 4) is 5.75 Å². The number of methoxy groups -OCH3 is 1. The monoisotopic (exact) mass is 346 g/mol. The van der Waals surface area contributed by atoms with E-state index in [1.54, 1.807) is 12.1 Å². The van der Waals surface area contributed by atoms with E-state index < -0.39 is 0 Å². The van der Waals surface area contributed by atoms with Crippen molar-refractivity contribution in [3.05, 3.63) is 24.0 Å². The highest BCUT2D eigenvalue weighted by molar-refractivity contribution is 5.79. The number of nitrogens with zero attached hydrogens (tertiary/aromatic N) is 2. The van der Waals surface area contributed by atoms with Crippen LogP contribution in [0.2, 0.25) is 0 Å². The summed E-state index contributed by atoms with van der Waals surface area (Å²) in [6.45, 7) is 3.10. The Bertz CT molecular complexity index is 635. The van der Waals surface area contributed by atoms with Crippen molar-refractivity contribution in [1.29, 1.82) is 0 Å². The van der Waals surface area contributed by atoms with Gasteiger partial charge in [-0.05, 0) is 43.2 Å². The lowest BCUT2D eigenvalue weighted by Crippen LogP contribution is -2.52. The molecule has 1 heterocycles. The fourth-order valence-corrected chi connectivity index (χ4v) is 4.95. The molecule has 3 saturated carbocycles. The third-order valence-electron chi connectivity index (χ3n) is 6.46. The summed E-state index contributed by atoms with van der Waals surface area (Å²) in [7, 11) is 1.48. The Labute approximate surface area is 148 Å². The van der Waals surface area contributed by atoms with Crippen LogP contribution in [0.3, 0.4) is 0 Å². The zero-order chi connectivity index (χ0) is 17.4. The van der Waals surface area contributed by atoms with Crippen LogP contribution in [0.25, 0.3) is 0 Å². The van der Waals surface area contributed by atoms with E-state index in [2.05, 4.69) is 9.80 Å². The maximum Gasteiger partial charge on any atom is 0.226 e. The van der Waals surface area contributed by atoms with Gasteiger partial charge in [-0.3, -0.25) is 4.79 Å². The molecule has 5 rings (SSSR count). The van der Waals surface area contributed by atoms with Crippen LogP contribution in [0.1, 0.15) is 32.1 Å². The molecular weight excluding hydrogens is 319 g/mol. The van der Waals surface area contributed by atoms with E-state index >= 15 is 0 Å². The molecule has 1 unspecified atom stereocenters. The van der Waals surface area contributed by atoms with Crippen molar-refractivity contribution >= 4 is 11.6 Å². The lowest BCUT2D eigenvalue weighted by atomic mass is 9.64. The Kier molecular flexibility index (Phi) is 4.57. The molecule has 136 valence electrons. The van der Waals surface area contributed by atoms with Crippen LogP contribution >= 0.6 is 0 Å². The summed E-state index contributed by atoms with van der Waals surface area (Å²) in [5, 5.41) is 0. The molecule has 0 radical (unpaired) electrons. The molecule has 1 aromatic rings. The number of fused-ring (bicyclic) bond motifs is 3. The van der Waals surface area contributed by atoms with Gasteiger partial charge in [-0.25, -0.2) is 4.39 Å². The van der Waals surface area contributed by atoms with Gasteiger partial charge in [-0.1, -0.05) is 12.8 Å². The number of anilines is 1. The summed E-state index contributed by atoms with van der Waals surface area (Å²) >= 11 is 0. The van der Waals surface area contributed by atoms with Gasteiger partial charge in [0, 0.05) is 43.9 Å². The van der Waals surface area contributed by atoms with Crippen molar-refractivity contribution in [2.75, 3.05) is 38.2 Å². The minimum Gasteiger partial charge on any atom is -0.494 e. The third kappa shape index (κ3) is 3.21. The van der Waals surface area contributed by atoms with E-state index in [-0.39, 0.29) is 17.5 Å². The summed E-state index contributed by atoms with van der Waals surface area (Å²) in [5.74, 6) is 1.99. The molecule has 3 aliphatic carbocycles. The van der Waals surface area contributed by atoms with Crippen molar-refractivity contribution in [2.45, 2.75) is 32.1 Å². The number of rotatable bonds is 3. The van der Waals surface area contributed by atoms with Gasteiger partial charge in [-0.15, -0.1) is 0 Å². The van der Waals surface area contributed by atoms with E-state index in [0.29, 0.717) is 11.8 Å². The molecule has 25 heavy (non-hydrogen) atoms. The van der Waals surface area contributed by atoms with E-state index in [1.807, 2.05) is 0 Å². The average Bonchev–Trinajstić information content (AvgIpc) is 2.69. The number of carbonyl (C=O) groups excluding carboxylic acids is 1. The van der Waals surface area contributed by atoms with Gasteiger partial charge in [0.15, 0.2) is 11.6 Å². The number of piperazine rings is 1. The summed E-state index contributed by atoms with van der Waals surface area (Å²) in [5.41, 5.74) is 0.960. The molecule has 2 bridgehead atoms. The van der Waals surface area contributed by atoms with Crippen molar-refractivity contribution in [2.24, 2.45) is 17.8 Å². The first-order chi connectivity index (χ1) is 12.2. The number of hydrogen-bond donors (Lipinski definition) is 0. The van der Waals surface area contributed by atoms with Crippen LogP contribution in [0.5, 0.6) is 5.75 Å². The number of benzene rings is 1. The Hall–Kier alpha value is -1.78. The maximum atomic E-state index is 13.6. The normalized spacial score (nSPS) is 29.0. The molecule has 1 aliphatic heterocycles. The Morgan fingerprint density at radius 1 is 1.12 bits per heavy atom. The first-order valence-electron chi connectivity index (χ1n) is 9.53. The molecule has 0 aromatic heterocycles. The van der Waals surface area contributed by atoms with Gasteiger partial charge in [0.2, 0.25) is 5.91 Å². The van der Waals surface area contributed by atoms with E-state index in [4.69, 9.17) is 4.74 Å². The lowest BCUT2D eigenvalue weighted by Gasteiger charge is -2.45. The van der Waals surface area contributed by atoms with Gasteiger partial charge in [0.1, 0.15) is 0 Å². The van der Waals surface area contributed by atoms with Gasteiger partial charge in [0.05, 0.1) is 7.11 Å². The zero-order valence-corrected chi connectivity index (χ0v) is 14.9. The Morgan fingerprint density at radius 2 is 1.84 bits per heavy atom. The van der Waals surface area contributed by atoms with Crippen LogP contribution < -0.4 is 9.64 Å². The molecule has 1 saturated heterocycles. The molecule has 4 fully saturated rings. The first kappa shape index (κ1) is 16.7. The fourth-order valence-electron chi connectivity index (χ4n) is 4.95. The Morgan fingerprint density at radius 3 is 2.44 bits per heavy atom. The highest BCUT2D eigenvalue weighted by Gasteiger charge is 2.41. The number of hydrogen-bond acceptors (Lipinski definition) is 3. The zero-order valence-electron chi connectivity index (χ0n) is 14.9. The summed E-state index contributed by atoms with van der Waals surface area (Å²) < 4.78 is 18.7. The predicted molar refractivity (Wildman–Crippen MR) is 95.3 cm³/mol. The molecule has 1 aromatic carbocycles. The summed E-state index contributed by atoms with van der Waals surface area (Å²) in [6.07, 6.45) is 6.26. The topological polar surface area (TPSA) is 32.8 Å². The second kappa shape index (κ2) is 6.85. The van der Waals surface area contributed by atoms with Crippen LogP contribution in [0.15, 0.2) is 18.2 Å². The lowest BCUT2D eigenvalue weighted by molar-refractivity contribution is -0.141. The van der Waals surface area contributed by atoms with E-state index in [9.17, 15) is 9.18 Å². The summed E-state index contributed by atoms with van der Waals surface area (Å²) in [6, 6.07) is 4.98. The second-order valence-electron chi connectivity index (χ2n) is 7.75. The molecule has 4 nitrogen and oxygen atoms in total. The predicted octanol–water partition coefficient (Wildman–Crippen LogP) is 3.31. The molecule has 1 atom stereocenters. The van der Waals surface area contributed by atoms with Crippen molar-refractivity contribution in [3.63, 3.8) is 0 Å². The molecule has 1 amide bonds. The molecule has 5 heteroatoms. The van der Waals surface area contributed by atoms with E-state index in [0.717, 1.165) is 44.2 Å². The first-order valence-corrected chi connectivity index (χ1v) is 9.53. The second-order valence-corrected chi connectivity index (χ2v) is 7.75. The van der Waals surface area contributed by atoms with Gasteiger partial charge in [0.25, 0.3) is 0 Å². The number of halogens is 1. The quantitative estimate of drug-likeness (QED) is 0.842. The number of ether oxygens (including phenoxy) is 1. The molecule has 0 spiro atoms. The molecule has 0 N–H and O–H groups in total. The van der Waals surface area contributed by atoms with Crippen molar-refractivity contribution in [1.82, 2.24) is 4.90 Å². The molecular formula is C20H27FN2O2. The smallest absolute Gasteiger partial charge is 0.226 e. The van der Waals surface area contributed by atoms with Gasteiger partial charge < -0.3 is 14.5 Å². The van der Waals surface area contributed by atoms with Crippen molar-refractivity contribution < 1.29 is 13.9 Å². The number of carbonyl (C=O) groups is 1. The minimum absolute atomic E-state index is 0.268. The standard InChI is InChI=1S/C20H27FN2O2/c1-25-19-13-16(6-7-18(19)21)22-8-10-23(11-9-22)20(24)17-12-14-2-4-15(17)5-3-14/h6-7,13-15,17H,2-5,8-12H2,1H3. The fraction of sp³-hybridized carbons (Fsp3) is 0.650. The number of amides is 1.